The highest BCUT2D eigenvalue weighted by Gasteiger charge is 2.30. The number of quaternary nitrogens is 1. The van der Waals surface area contributed by atoms with E-state index < -0.39 is 0 Å². The average molecular weight is 362 g/mol. The molecule has 1 aliphatic heterocycles. The predicted molar refractivity (Wildman–Crippen MR) is 106 cm³/mol. The zero-order valence-corrected chi connectivity index (χ0v) is 16.2. The maximum atomic E-state index is 6.02. The number of aromatic nitrogens is 2. The summed E-state index contributed by atoms with van der Waals surface area (Å²) in [7, 11) is 0. The Bertz CT molecular complexity index is 866. The fraction of sp³-hybridized carbons (Fsp3) is 0.391. The molecule has 4 heteroatoms. The van der Waals surface area contributed by atoms with Gasteiger partial charge in [0.2, 0.25) is 5.89 Å². The van der Waals surface area contributed by atoms with Crippen molar-refractivity contribution in [3.8, 4) is 11.5 Å². The summed E-state index contributed by atoms with van der Waals surface area (Å²) in [5.41, 5.74) is 3.66. The summed E-state index contributed by atoms with van der Waals surface area (Å²) < 4.78 is 6.02. The summed E-state index contributed by atoms with van der Waals surface area (Å²) in [6.45, 7) is 6.62. The van der Waals surface area contributed by atoms with Crippen molar-refractivity contribution < 1.29 is 9.32 Å². The van der Waals surface area contributed by atoms with E-state index >= 15 is 0 Å². The molecular formula is C23H28N3O+. The molecular weight excluding hydrogens is 334 g/mol. The van der Waals surface area contributed by atoms with E-state index in [9.17, 15) is 0 Å². The smallest absolute Gasteiger partial charge is 0.274 e. The lowest BCUT2D eigenvalue weighted by Crippen LogP contribution is -3.13. The number of rotatable bonds is 5. The molecule has 0 saturated carbocycles. The van der Waals surface area contributed by atoms with Crippen molar-refractivity contribution in [2.24, 2.45) is 5.92 Å². The minimum absolute atomic E-state index is 0.244. The van der Waals surface area contributed by atoms with Gasteiger partial charge >= 0.3 is 0 Å². The molecule has 3 aromatic rings. The fourth-order valence-electron chi connectivity index (χ4n) is 4.11. The van der Waals surface area contributed by atoms with Gasteiger partial charge in [0.25, 0.3) is 5.89 Å². The third-order valence-corrected chi connectivity index (χ3v) is 5.80. The Morgan fingerprint density at radius 1 is 1.04 bits per heavy atom. The zero-order valence-electron chi connectivity index (χ0n) is 16.2. The summed E-state index contributed by atoms with van der Waals surface area (Å²) in [4.78, 5) is 1.55. The molecule has 0 unspecified atom stereocenters. The van der Waals surface area contributed by atoms with Crippen molar-refractivity contribution in [2.75, 3.05) is 13.1 Å². The molecule has 2 heterocycles. The minimum atomic E-state index is 0.244. The van der Waals surface area contributed by atoms with Gasteiger partial charge in [0.1, 0.15) is 0 Å². The van der Waals surface area contributed by atoms with Gasteiger partial charge < -0.3 is 9.32 Å². The standard InChI is InChI=1S/C23H27N3O/c1-17-7-6-10-21(15-17)23-25-24-22(27-23)18(2)26-13-11-20(12-14-26)16-19-8-4-3-5-9-19/h3-10,15,18,20H,11-14,16H2,1-2H3/p+1/t18-/m1/s1. The zero-order chi connectivity index (χ0) is 18.6. The lowest BCUT2D eigenvalue weighted by molar-refractivity contribution is -0.936. The highest BCUT2D eigenvalue weighted by molar-refractivity contribution is 5.53. The van der Waals surface area contributed by atoms with Crippen LogP contribution in [0.3, 0.4) is 0 Å². The number of nitrogens with one attached hydrogen (secondary N) is 1. The Balaban J connectivity index is 1.36. The van der Waals surface area contributed by atoms with Crippen LogP contribution in [0.2, 0.25) is 0 Å². The summed E-state index contributed by atoms with van der Waals surface area (Å²) in [5, 5.41) is 8.63. The molecule has 140 valence electrons. The molecule has 1 atom stereocenters. The molecule has 0 radical (unpaired) electrons. The summed E-state index contributed by atoms with van der Waals surface area (Å²) in [6, 6.07) is 19.3. The predicted octanol–water partition coefficient (Wildman–Crippen LogP) is 3.64. The van der Waals surface area contributed by atoms with Crippen molar-refractivity contribution in [2.45, 2.75) is 39.2 Å². The van der Waals surface area contributed by atoms with Crippen molar-refractivity contribution in [1.29, 1.82) is 0 Å². The third kappa shape index (κ3) is 4.28. The van der Waals surface area contributed by atoms with E-state index in [0.717, 1.165) is 17.4 Å². The molecule has 0 spiro atoms. The van der Waals surface area contributed by atoms with Crippen LogP contribution in [0.25, 0.3) is 11.5 Å². The van der Waals surface area contributed by atoms with Crippen LogP contribution in [0.15, 0.2) is 59.0 Å². The first-order valence-corrected chi connectivity index (χ1v) is 9.98. The van der Waals surface area contributed by atoms with Crippen LogP contribution in [0.5, 0.6) is 0 Å². The van der Waals surface area contributed by atoms with Crippen molar-refractivity contribution in [3.05, 3.63) is 71.6 Å². The number of nitrogens with zero attached hydrogens (tertiary/aromatic N) is 2. The second-order valence-electron chi connectivity index (χ2n) is 7.83. The quantitative estimate of drug-likeness (QED) is 0.753. The fourth-order valence-corrected chi connectivity index (χ4v) is 4.11. The van der Waals surface area contributed by atoms with Gasteiger partial charge in [0.15, 0.2) is 6.04 Å². The Labute approximate surface area is 161 Å². The second-order valence-corrected chi connectivity index (χ2v) is 7.83. The normalized spacial score (nSPS) is 21.1. The van der Waals surface area contributed by atoms with Gasteiger partial charge in [-0.25, -0.2) is 0 Å². The van der Waals surface area contributed by atoms with Gasteiger partial charge in [0.05, 0.1) is 13.1 Å². The Kier molecular flexibility index (Phi) is 5.35. The maximum absolute atomic E-state index is 6.02. The molecule has 1 saturated heterocycles. The van der Waals surface area contributed by atoms with E-state index in [4.69, 9.17) is 4.42 Å². The van der Waals surface area contributed by atoms with Gasteiger partial charge in [-0.3, -0.25) is 0 Å². The van der Waals surface area contributed by atoms with Crippen molar-refractivity contribution in [3.63, 3.8) is 0 Å². The molecule has 2 aromatic carbocycles. The van der Waals surface area contributed by atoms with Gasteiger partial charge in [-0.2, -0.15) is 0 Å². The van der Waals surface area contributed by atoms with Crippen molar-refractivity contribution >= 4 is 0 Å². The van der Waals surface area contributed by atoms with Crippen LogP contribution in [0, 0.1) is 12.8 Å². The summed E-state index contributed by atoms with van der Waals surface area (Å²) >= 11 is 0. The number of piperidine rings is 1. The first-order valence-electron chi connectivity index (χ1n) is 9.98. The summed E-state index contributed by atoms with van der Waals surface area (Å²) in [6.07, 6.45) is 3.71. The molecule has 4 rings (SSSR count). The first kappa shape index (κ1) is 17.9. The van der Waals surface area contributed by atoms with Gasteiger partial charge in [-0.1, -0.05) is 48.0 Å². The van der Waals surface area contributed by atoms with E-state index in [1.54, 1.807) is 4.90 Å². The van der Waals surface area contributed by atoms with Gasteiger partial charge in [-0.15, -0.1) is 10.2 Å². The number of hydrogen-bond acceptors (Lipinski definition) is 3. The number of benzene rings is 2. The monoisotopic (exact) mass is 362 g/mol. The number of hydrogen-bond donors (Lipinski definition) is 1. The molecule has 1 aromatic heterocycles. The van der Waals surface area contributed by atoms with Crippen molar-refractivity contribution in [1.82, 2.24) is 10.2 Å². The van der Waals surface area contributed by atoms with Crippen LogP contribution < -0.4 is 4.90 Å². The van der Waals surface area contributed by atoms with Gasteiger partial charge in [-0.05, 0) is 56.7 Å². The highest BCUT2D eigenvalue weighted by atomic mass is 16.4. The largest absolute Gasteiger partial charge is 0.415 e. The first-order chi connectivity index (χ1) is 13.2. The minimum Gasteiger partial charge on any atom is -0.415 e. The SMILES string of the molecule is Cc1cccc(-c2nnc([C@@H](C)[NH+]3CCC(Cc4ccccc4)CC3)o2)c1. The Morgan fingerprint density at radius 3 is 2.56 bits per heavy atom. The second kappa shape index (κ2) is 8.05. The van der Waals surface area contributed by atoms with E-state index in [0.29, 0.717) is 5.89 Å². The molecule has 4 nitrogen and oxygen atoms in total. The van der Waals surface area contributed by atoms with E-state index in [1.807, 2.05) is 12.1 Å². The molecule has 27 heavy (non-hydrogen) atoms. The molecule has 1 N–H and O–H groups in total. The van der Waals surface area contributed by atoms with E-state index in [1.165, 1.54) is 43.5 Å². The van der Waals surface area contributed by atoms with Crippen LogP contribution in [-0.2, 0) is 6.42 Å². The van der Waals surface area contributed by atoms with Crippen LogP contribution in [0.1, 0.15) is 42.8 Å². The molecule has 0 bridgehead atoms. The lowest BCUT2D eigenvalue weighted by Gasteiger charge is -2.31. The Morgan fingerprint density at radius 2 is 1.81 bits per heavy atom. The summed E-state index contributed by atoms with van der Waals surface area (Å²) in [5.74, 6) is 2.16. The third-order valence-electron chi connectivity index (χ3n) is 5.80. The average Bonchev–Trinajstić information content (AvgIpc) is 3.19. The highest BCUT2D eigenvalue weighted by Crippen LogP contribution is 2.22. The molecule has 0 amide bonds. The molecule has 0 aliphatic carbocycles. The molecule has 1 aliphatic rings. The van der Waals surface area contributed by atoms with E-state index in [-0.39, 0.29) is 6.04 Å². The van der Waals surface area contributed by atoms with E-state index in [2.05, 4.69) is 66.5 Å². The maximum Gasteiger partial charge on any atom is 0.274 e. The topological polar surface area (TPSA) is 43.4 Å². The molecule has 1 fully saturated rings. The Hall–Kier alpha value is -2.46. The number of likely N-dealkylation sites (tertiary alicyclic amines) is 1. The van der Waals surface area contributed by atoms with Gasteiger partial charge in [0, 0.05) is 5.56 Å². The van der Waals surface area contributed by atoms with Crippen LogP contribution >= 0.6 is 0 Å². The van der Waals surface area contributed by atoms with Crippen LogP contribution in [-0.4, -0.2) is 23.3 Å². The number of aryl methyl sites for hydroxylation is 1. The lowest BCUT2D eigenvalue weighted by atomic mass is 9.89. The van der Waals surface area contributed by atoms with Crippen LogP contribution in [0.4, 0.5) is 0 Å².